The Morgan fingerprint density at radius 1 is 1.07 bits per heavy atom. The Labute approximate surface area is 159 Å². The van der Waals surface area contributed by atoms with Crippen molar-refractivity contribution in [3.63, 3.8) is 0 Å². The maximum absolute atomic E-state index is 13.9. The largest absolute Gasteiger partial charge is 0.350 e. The molecule has 28 heavy (non-hydrogen) atoms. The van der Waals surface area contributed by atoms with E-state index in [1.54, 1.807) is 12.4 Å². The number of hydrogen-bond donors (Lipinski definition) is 1. The van der Waals surface area contributed by atoms with Gasteiger partial charge in [0, 0.05) is 18.8 Å². The molecule has 0 saturated heterocycles. The summed E-state index contributed by atoms with van der Waals surface area (Å²) >= 11 is 0. The van der Waals surface area contributed by atoms with Crippen LogP contribution in [-0.2, 0) is 6.54 Å². The van der Waals surface area contributed by atoms with Crippen LogP contribution in [0.3, 0.4) is 0 Å². The number of para-hydroxylation sites is 1. The predicted octanol–water partition coefficient (Wildman–Crippen LogP) is 3.47. The normalized spacial score (nSPS) is 11.4. The molecule has 138 valence electrons. The van der Waals surface area contributed by atoms with E-state index in [9.17, 15) is 4.39 Å². The van der Waals surface area contributed by atoms with Crippen molar-refractivity contribution in [3.05, 3.63) is 72.8 Å². The van der Waals surface area contributed by atoms with E-state index in [4.69, 9.17) is 4.98 Å². The zero-order valence-electron chi connectivity index (χ0n) is 15.0. The second kappa shape index (κ2) is 6.41. The Morgan fingerprint density at radius 3 is 2.79 bits per heavy atom. The van der Waals surface area contributed by atoms with Crippen molar-refractivity contribution < 1.29 is 4.39 Å². The van der Waals surface area contributed by atoms with Crippen LogP contribution in [-0.4, -0.2) is 36.5 Å². The van der Waals surface area contributed by atoms with Crippen LogP contribution < -0.4 is 4.90 Å². The summed E-state index contributed by atoms with van der Waals surface area (Å²) in [7, 11) is 1.93. The van der Waals surface area contributed by atoms with Gasteiger partial charge in [0.05, 0.1) is 23.9 Å². The van der Waals surface area contributed by atoms with Gasteiger partial charge in [-0.05, 0) is 24.3 Å². The molecule has 0 saturated carbocycles. The minimum atomic E-state index is -0.292. The number of anilines is 1. The van der Waals surface area contributed by atoms with Crippen LogP contribution in [0.4, 0.5) is 10.2 Å². The summed E-state index contributed by atoms with van der Waals surface area (Å²) in [5.41, 5.74) is 3.76. The average molecular weight is 373 g/mol. The zero-order chi connectivity index (χ0) is 19.1. The van der Waals surface area contributed by atoms with E-state index in [-0.39, 0.29) is 5.82 Å². The molecule has 8 heteroatoms. The van der Waals surface area contributed by atoms with Crippen LogP contribution in [0.1, 0.15) is 5.82 Å². The summed E-state index contributed by atoms with van der Waals surface area (Å²) in [6.07, 6.45) is 3.09. The van der Waals surface area contributed by atoms with Gasteiger partial charge in [0.25, 0.3) is 0 Å². The highest BCUT2D eigenvalue weighted by atomic mass is 19.1. The van der Waals surface area contributed by atoms with Gasteiger partial charge in [0.1, 0.15) is 23.5 Å². The molecule has 0 atom stereocenters. The quantitative estimate of drug-likeness (QED) is 0.522. The maximum atomic E-state index is 13.9. The molecule has 3 heterocycles. The maximum Gasteiger partial charge on any atom is 0.182 e. The van der Waals surface area contributed by atoms with Crippen LogP contribution in [0.15, 0.2) is 61.2 Å². The zero-order valence-corrected chi connectivity index (χ0v) is 15.0. The molecule has 1 N–H and O–H groups in total. The molecule has 0 aliphatic carbocycles. The minimum Gasteiger partial charge on any atom is -0.350 e. The molecule has 5 rings (SSSR count). The summed E-state index contributed by atoms with van der Waals surface area (Å²) in [4.78, 5) is 22.5. The van der Waals surface area contributed by atoms with E-state index in [1.807, 2.05) is 46.8 Å². The number of aromatic amines is 1. The average Bonchev–Trinajstić information content (AvgIpc) is 3.32. The monoisotopic (exact) mass is 373 g/mol. The summed E-state index contributed by atoms with van der Waals surface area (Å²) in [5.74, 6) is 1.21. The van der Waals surface area contributed by atoms with Gasteiger partial charge < -0.3 is 9.88 Å². The number of H-pyrrole nitrogens is 1. The SMILES string of the molecule is CN(Cc1nc2ccc(F)cc2n1-c1ccccc1)c1ncnc2nc[nH]c12. The number of nitrogens with zero attached hydrogens (tertiary/aromatic N) is 6. The number of fused-ring (bicyclic) bond motifs is 2. The summed E-state index contributed by atoms with van der Waals surface area (Å²) in [6, 6.07) is 14.4. The van der Waals surface area contributed by atoms with Crippen molar-refractivity contribution in [1.29, 1.82) is 0 Å². The number of hydrogen-bond acceptors (Lipinski definition) is 5. The lowest BCUT2D eigenvalue weighted by Crippen LogP contribution is -2.21. The van der Waals surface area contributed by atoms with Gasteiger partial charge in [0.2, 0.25) is 0 Å². The van der Waals surface area contributed by atoms with Gasteiger partial charge in [-0.3, -0.25) is 4.57 Å². The lowest BCUT2D eigenvalue weighted by atomic mass is 10.2. The van der Waals surface area contributed by atoms with E-state index < -0.39 is 0 Å². The van der Waals surface area contributed by atoms with Crippen LogP contribution in [0.25, 0.3) is 27.9 Å². The molecule has 0 spiro atoms. The molecular formula is C20H16FN7. The van der Waals surface area contributed by atoms with Gasteiger partial charge in [0.15, 0.2) is 11.5 Å². The van der Waals surface area contributed by atoms with Crippen molar-refractivity contribution in [3.8, 4) is 5.69 Å². The van der Waals surface area contributed by atoms with Gasteiger partial charge >= 0.3 is 0 Å². The van der Waals surface area contributed by atoms with Crippen LogP contribution in [0.2, 0.25) is 0 Å². The number of nitrogens with one attached hydrogen (secondary N) is 1. The second-order valence-corrected chi connectivity index (χ2v) is 6.49. The van der Waals surface area contributed by atoms with Crippen LogP contribution in [0.5, 0.6) is 0 Å². The van der Waals surface area contributed by atoms with E-state index in [2.05, 4.69) is 19.9 Å². The lowest BCUT2D eigenvalue weighted by Gasteiger charge is -2.19. The van der Waals surface area contributed by atoms with E-state index >= 15 is 0 Å². The Balaban J connectivity index is 1.63. The Bertz CT molecular complexity index is 1280. The van der Waals surface area contributed by atoms with E-state index in [1.165, 1.54) is 18.5 Å². The van der Waals surface area contributed by atoms with Crippen molar-refractivity contribution in [1.82, 2.24) is 29.5 Å². The first-order chi connectivity index (χ1) is 13.7. The standard InChI is InChI=1S/C20H16FN7/c1-27(20-18-19(23-11-22-18)24-12-25-20)10-17-26-15-8-7-13(21)9-16(15)28(17)14-5-3-2-4-6-14/h2-9,11-12H,10H2,1H3,(H,22,23,24,25). The number of rotatable bonds is 4. The highest BCUT2D eigenvalue weighted by Gasteiger charge is 2.17. The number of imidazole rings is 2. The lowest BCUT2D eigenvalue weighted by molar-refractivity contribution is 0.629. The highest BCUT2D eigenvalue weighted by molar-refractivity contribution is 5.83. The van der Waals surface area contributed by atoms with Gasteiger partial charge in [-0.2, -0.15) is 0 Å². The topological polar surface area (TPSA) is 75.5 Å². The molecule has 0 radical (unpaired) electrons. The van der Waals surface area contributed by atoms with Gasteiger partial charge in [-0.1, -0.05) is 18.2 Å². The number of halogens is 1. The summed E-state index contributed by atoms with van der Waals surface area (Å²) < 4.78 is 15.9. The predicted molar refractivity (Wildman–Crippen MR) is 105 cm³/mol. The Morgan fingerprint density at radius 2 is 1.93 bits per heavy atom. The van der Waals surface area contributed by atoms with E-state index in [0.717, 1.165) is 33.9 Å². The first kappa shape index (κ1) is 16.4. The fourth-order valence-corrected chi connectivity index (χ4v) is 3.40. The molecule has 0 bridgehead atoms. The van der Waals surface area contributed by atoms with Crippen molar-refractivity contribution >= 4 is 28.0 Å². The molecule has 0 amide bonds. The van der Waals surface area contributed by atoms with Gasteiger partial charge in [-0.25, -0.2) is 24.3 Å². The molecule has 0 aliphatic rings. The smallest absolute Gasteiger partial charge is 0.182 e. The fourth-order valence-electron chi connectivity index (χ4n) is 3.40. The van der Waals surface area contributed by atoms with Crippen molar-refractivity contribution in [2.45, 2.75) is 6.54 Å². The third kappa shape index (κ3) is 2.66. The molecule has 7 nitrogen and oxygen atoms in total. The molecule has 0 unspecified atom stereocenters. The van der Waals surface area contributed by atoms with Crippen molar-refractivity contribution in [2.75, 3.05) is 11.9 Å². The molecular weight excluding hydrogens is 357 g/mol. The molecule has 0 fully saturated rings. The molecule has 5 aromatic rings. The first-order valence-corrected chi connectivity index (χ1v) is 8.78. The third-order valence-corrected chi connectivity index (χ3v) is 4.64. The van der Waals surface area contributed by atoms with E-state index in [0.29, 0.717) is 12.2 Å². The molecule has 2 aromatic carbocycles. The third-order valence-electron chi connectivity index (χ3n) is 4.64. The van der Waals surface area contributed by atoms with Gasteiger partial charge in [-0.15, -0.1) is 0 Å². The number of benzene rings is 2. The van der Waals surface area contributed by atoms with Crippen LogP contribution >= 0.6 is 0 Å². The van der Waals surface area contributed by atoms with Crippen molar-refractivity contribution in [2.24, 2.45) is 0 Å². The fraction of sp³-hybridized carbons (Fsp3) is 0.100. The minimum absolute atomic E-state index is 0.292. The summed E-state index contributed by atoms with van der Waals surface area (Å²) in [6.45, 7) is 0.469. The molecule has 0 aliphatic heterocycles. The van der Waals surface area contributed by atoms with Crippen LogP contribution in [0, 0.1) is 5.82 Å². The highest BCUT2D eigenvalue weighted by Crippen LogP contribution is 2.25. The Hall–Kier alpha value is -3.81. The first-order valence-electron chi connectivity index (χ1n) is 8.78. The molecule has 3 aromatic heterocycles. The number of aromatic nitrogens is 6. The second-order valence-electron chi connectivity index (χ2n) is 6.49. The summed E-state index contributed by atoms with van der Waals surface area (Å²) in [5, 5.41) is 0. The Kier molecular flexibility index (Phi) is 3.75.